The van der Waals surface area contributed by atoms with E-state index in [1.165, 1.54) is 4.90 Å². The predicted octanol–water partition coefficient (Wildman–Crippen LogP) is 4.06. The molecule has 1 amide bonds. The van der Waals surface area contributed by atoms with E-state index < -0.39 is 5.92 Å². The van der Waals surface area contributed by atoms with Crippen molar-refractivity contribution in [3.63, 3.8) is 0 Å². The van der Waals surface area contributed by atoms with Crippen LogP contribution in [0.4, 0.5) is 5.69 Å². The van der Waals surface area contributed by atoms with Gasteiger partial charge in [-0.15, -0.1) is 0 Å². The molecule has 0 spiro atoms. The molecule has 138 valence electrons. The second kappa shape index (κ2) is 7.04. The molecule has 2 heterocycles. The maximum atomic E-state index is 12.5. The molecule has 2 aromatic carbocycles. The number of amides is 1. The molecule has 1 aromatic heterocycles. The molecule has 0 aliphatic carbocycles. The Hall–Kier alpha value is -2.86. The number of nitrogens with zero attached hydrogens (tertiary/aromatic N) is 2. The number of benzene rings is 2. The Bertz CT molecular complexity index is 997. The van der Waals surface area contributed by atoms with Gasteiger partial charge in [-0.25, -0.2) is 4.98 Å². The smallest absolute Gasteiger partial charge is 0.311 e. The quantitative estimate of drug-likeness (QED) is 0.634. The summed E-state index contributed by atoms with van der Waals surface area (Å²) in [6.07, 6.45) is 0.113. The van der Waals surface area contributed by atoms with Crippen molar-refractivity contribution >= 4 is 40.3 Å². The first kappa shape index (κ1) is 17.5. The van der Waals surface area contributed by atoms with Crippen LogP contribution in [-0.4, -0.2) is 30.0 Å². The van der Waals surface area contributed by atoms with Gasteiger partial charge < -0.3 is 14.1 Å². The zero-order valence-electron chi connectivity index (χ0n) is 14.6. The van der Waals surface area contributed by atoms with Gasteiger partial charge in [-0.2, -0.15) is 0 Å². The first-order valence-corrected chi connectivity index (χ1v) is 9.07. The molecule has 0 radical (unpaired) electrons. The highest BCUT2D eigenvalue weighted by molar-refractivity contribution is 6.34. The van der Waals surface area contributed by atoms with Crippen molar-refractivity contribution in [3.8, 4) is 11.5 Å². The van der Waals surface area contributed by atoms with E-state index in [0.29, 0.717) is 27.7 Å². The van der Waals surface area contributed by atoms with Crippen LogP contribution in [0.15, 0.2) is 46.9 Å². The molecule has 6 nitrogen and oxygen atoms in total. The highest BCUT2D eigenvalue weighted by atomic mass is 35.5. The summed E-state index contributed by atoms with van der Waals surface area (Å²) in [4.78, 5) is 30.4. The summed E-state index contributed by atoms with van der Waals surface area (Å²) in [6, 6.07) is 12.7. The van der Waals surface area contributed by atoms with E-state index in [2.05, 4.69) is 4.98 Å². The minimum absolute atomic E-state index is 0.113. The molecular weight excluding hydrogens is 368 g/mol. The number of carbonyl (C=O) groups is 2. The number of halogens is 1. The topological polar surface area (TPSA) is 72.6 Å². The van der Waals surface area contributed by atoms with Gasteiger partial charge >= 0.3 is 5.97 Å². The molecule has 1 aliphatic rings. The van der Waals surface area contributed by atoms with Crippen LogP contribution in [0.5, 0.6) is 0 Å². The van der Waals surface area contributed by atoms with Gasteiger partial charge in [0, 0.05) is 18.5 Å². The van der Waals surface area contributed by atoms with Crippen LogP contribution in [0.2, 0.25) is 5.02 Å². The first-order valence-electron chi connectivity index (χ1n) is 8.69. The normalized spacial score (nSPS) is 16.9. The number of hydrogen-bond acceptors (Lipinski definition) is 5. The maximum Gasteiger partial charge on any atom is 0.311 e. The third-order valence-electron chi connectivity index (χ3n) is 4.52. The van der Waals surface area contributed by atoms with Crippen LogP contribution < -0.4 is 4.90 Å². The van der Waals surface area contributed by atoms with Crippen molar-refractivity contribution < 1.29 is 18.7 Å². The van der Waals surface area contributed by atoms with Crippen LogP contribution in [-0.2, 0) is 14.3 Å². The lowest BCUT2D eigenvalue weighted by Gasteiger charge is -2.18. The second-order valence-corrected chi connectivity index (χ2v) is 6.72. The fraction of sp³-hybridized carbons (Fsp3) is 0.250. The molecule has 1 atom stereocenters. The van der Waals surface area contributed by atoms with Crippen LogP contribution in [0.1, 0.15) is 13.3 Å². The van der Waals surface area contributed by atoms with E-state index in [1.807, 2.05) is 24.3 Å². The summed E-state index contributed by atoms with van der Waals surface area (Å²) in [5, 5.41) is 0.424. The van der Waals surface area contributed by atoms with Gasteiger partial charge in [0.1, 0.15) is 5.52 Å². The van der Waals surface area contributed by atoms with Crippen molar-refractivity contribution in [2.24, 2.45) is 5.92 Å². The van der Waals surface area contributed by atoms with E-state index in [9.17, 15) is 9.59 Å². The largest absolute Gasteiger partial charge is 0.466 e. The highest BCUT2D eigenvalue weighted by Crippen LogP contribution is 2.35. The van der Waals surface area contributed by atoms with Gasteiger partial charge in [0.15, 0.2) is 5.58 Å². The third-order valence-corrected chi connectivity index (χ3v) is 4.84. The molecule has 4 rings (SSSR count). The van der Waals surface area contributed by atoms with Crippen molar-refractivity contribution in [1.82, 2.24) is 4.98 Å². The van der Waals surface area contributed by atoms with E-state index in [1.54, 1.807) is 25.1 Å². The van der Waals surface area contributed by atoms with Crippen LogP contribution in [0.25, 0.3) is 22.6 Å². The highest BCUT2D eigenvalue weighted by Gasteiger charge is 2.37. The van der Waals surface area contributed by atoms with E-state index >= 15 is 0 Å². The Labute approximate surface area is 160 Å². The number of ether oxygens (including phenoxy) is 1. The molecule has 0 saturated carbocycles. The van der Waals surface area contributed by atoms with Crippen molar-refractivity contribution in [2.45, 2.75) is 13.3 Å². The average Bonchev–Trinajstić information content (AvgIpc) is 3.26. The fourth-order valence-electron chi connectivity index (χ4n) is 3.21. The summed E-state index contributed by atoms with van der Waals surface area (Å²) < 4.78 is 10.8. The zero-order valence-corrected chi connectivity index (χ0v) is 15.4. The molecule has 1 saturated heterocycles. The number of anilines is 1. The summed E-state index contributed by atoms with van der Waals surface area (Å²) >= 11 is 6.34. The Morgan fingerprint density at radius 3 is 2.93 bits per heavy atom. The molecule has 0 unspecified atom stereocenters. The van der Waals surface area contributed by atoms with E-state index in [-0.39, 0.29) is 31.4 Å². The van der Waals surface area contributed by atoms with E-state index in [4.69, 9.17) is 20.8 Å². The SMILES string of the molecule is CCOC(=O)[C@H]1CC(=O)N(c2cc(-c3nc4ccccc4o3)ccc2Cl)C1. The summed E-state index contributed by atoms with van der Waals surface area (Å²) in [7, 11) is 0. The second-order valence-electron chi connectivity index (χ2n) is 6.31. The first-order chi connectivity index (χ1) is 13.1. The summed E-state index contributed by atoms with van der Waals surface area (Å²) in [5.74, 6) is -0.562. The van der Waals surface area contributed by atoms with Crippen molar-refractivity contribution in [2.75, 3.05) is 18.1 Å². The number of rotatable bonds is 4. The molecule has 1 aliphatic heterocycles. The average molecular weight is 385 g/mol. The van der Waals surface area contributed by atoms with Crippen LogP contribution in [0, 0.1) is 5.92 Å². The minimum atomic E-state index is -0.485. The molecule has 0 bridgehead atoms. The lowest BCUT2D eigenvalue weighted by Crippen LogP contribution is -2.26. The number of esters is 1. The molecule has 3 aromatic rings. The number of hydrogen-bond donors (Lipinski definition) is 0. The molecule has 7 heteroatoms. The molecule has 1 fully saturated rings. The number of aromatic nitrogens is 1. The van der Waals surface area contributed by atoms with Gasteiger partial charge in [-0.1, -0.05) is 23.7 Å². The summed E-state index contributed by atoms with van der Waals surface area (Å²) in [5.41, 5.74) is 2.68. The lowest BCUT2D eigenvalue weighted by atomic mass is 10.1. The molecule has 27 heavy (non-hydrogen) atoms. The molecular formula is C20H17ClN2O4. The number of oxazole rings is 1. The van der Waals surface area contributed by atoms with Gasteiger partial charge in [0.05, 0.1) is 23.2 Å². The summed E-state index contributed by atoms with van der Waals surface area (Å²) in [6.45, 7) is 2.28. The van der Waals surface area contributed by atoms with Crippen LogP contribution >= 0.6 is 11.6 Å². The Morgan fingerprint density at radius 1 is 1.33 bits per heavy atom. The maximum absolute atomic E-state index is 12.5. The number of para-hydroxylation sites is 2. The monoisotopic (exact) mass is 384 g/mol. The predicted molar refractivity (Wildman–Crippen MR) is 102 cm³/mol. The van der Waals surface area contributed by atoms with Gasteiger partial charge in [-0.05, 0) is 37.3 Å². The Kier molecular flexibility index (Phi) is 4.58. The van der Waals surface area contributed by atoms with Gasteiger partial charge in [0.25, 0.3) is 0 Å². The zero-order chi connectivity index (χ0) is 19.0. The standard InChI is InChI=1S/C20H17ClN2O4/c1-2-26-20(25)13-10-18(24)23(11-13)16-9-12(7-8-14(16)21)19-22-15-5-3-4-6-17(15)27-19/h3-9,13H,2,10-11H2,1H3/t13-/m0/s1. The Balaban J connectivity index is 1.66. The van der Waals surface area contributed by atoms with Gasteiger partial charge in [-0.3, -0.25) is 9.59 Å². The number of carbonyl (C=O) groups excluding carboxylic acids is 2. The molecule has 0 N–H and O–H groups in total. The van der Waals surface area contributed by atoms with Crippen molar-refractivity contribution in [3.05, 3.63) is 47.5 Å². The third kappa shape index (κ3) is 3.28. The fourth-order valence-corrected chi connectivity index (χ4v) is 3.43. The van der Waals surface area contributed by atoms with Crippen molar-refractivity contribution in [1.29, 1.82) is 0 Å². The van der Waals surface area contributed by atoms with E-state index in [0.717, 1.165) is 5.52 Å². The van der Waals surface area contributed by atoms with Gasteiger partial charge in [0.2, 0.25) is 11.8 Å². The number of fused-ring (bicyclic) bond motifs is 1. The Morgan fingerprint density at radius 2 is 2.15 bits per heavy atom. The van der Waals surface area contributed by atoms with Crippen LogP contribution in [0.3, 0.4) is 0 Å². The lowest BCUT2D eigenvalue weighted by molar-refractivity contribution is -0.147. The minimum Gasteiger partial charge on any atom is -0.466 e.